The number of H-pyrrole nitrogens is 1. The van der Waals surface area contributed by atoms with E-state index in [1.54, 1.807) is 6.92 Å². The Morgan fingerprint density at radius 2 is 2.14 bits per heavy atom. The lowest BCUT2D eigenvalue weighted by Gasteiger charge is -2.11. The van der Waals surface area contributed by atoms with Gasteiger partial charge in [-0.1, -0.05) is 5.21 Å². The predicted molar refractivity (Wildman–Crippen MR) is 69.8 cm³/mol. The molecule has 0 aliphatic heterocycles. The summed E-state index contributed by atoms with van der Waals surface area (Å²) in [5, 5.41) is 36.4. The van der Waals surface area contributed by atoms with Gasteiger partial charge in [-0.2, -0.15) is 5.21 Å². The zero-order chi connectivity index (χ0) is 15.4. The van der Waals surface area contributed by atoms with Crippen molar-refractivity contribution < 1.29 is 19.8 Å². The number of carboxylic acid groups (broad SMARTS) is 1. The van der Waals surface area contributed by atoms with Gasteiger partial charge in [0.15, 0.2) is 5.82 Å². The number of carbonyl (C=O) groups is 2. The van der Waals surface area contributed by atoms with E-state index in [9.17, 15) is 14.7 Å². The number of tetrazole rings is 1. The van der Waals surface area contributed by atoms with Gasteiger partial charge in [-0.3, -0.25) is 0 Å². The number of carbonyl (C=O) groups excluding carboxylic acids is 1. The third-order valence-electron chi connectivity index (χ3n) is 2.58. The number of urea groups is 1. The van der Waals surface area contributed by atoms with Gasteiger partial charge in [0.05, 0.1) is 6.04 Å². The third kappa shape index (κ3) is 3.43. The van der Waals surface area contributed by atoms with Gasteiger partial charge in [0, 0.05) is 11.8 Å². The second kappa shape index (κ2) is 5.86. The molecule has 21 heavy (non-hydrogen) atoms. The van der Waals surface area contributed by atoms with E-state index in [4.69, 9.17) is 5.11 Å². The molecule has 2 amide bonds. The van der Waals surface area contributed by atoms with Crippen LogP contribution < -0.4 is 10.6 Å². The van der Waals surface area contributed by atoms with Crippen LogP contribution in [0.4, 0.5) is 10.5 Å². The molecule has 0 fully saturated rings. The minimum atomic E-state index is -1.26. The first kappa shape index (κ1) is 14.2. The molecule has 1 unspecified atom stereocenters. The molecule has 0 radical (unpaired) electrons. The van der Waals surface area contributed by atoms with Crippen molar-refractivity contribution in [2.45, 2.75) is 13.0 Å². The number of carboxylic acids is 1. The van der Waals surface area contributed by atoms with E-state index in [0.29, 0.717) is 5.82 Å². The number of phenols is 1. The number of amides is 2. The fourth-order valence-electron chi connectivity index (χ4n) is 1.57. The van der Waals surface area contributed by atoms with E-state index in [-0.39, 0.29) is 11.3 Å². The van der Waals surface area contributed by atoms with Crippen molar-refractivity contribution in [3.63, 3.8) is 0 Å². The van der Waals surface area contributed by atoms with Crippen molar-refractivity contribution in [2.75, 3.05) is 5.32 Å². The Morgan fingerprint density at radius 1 is 1.38 bits per heavy atom. The van der Waals surface area contributed by atoms with Crippen molar-refractivity contribution in [1.82, 2.24) is 25.9 Å². The number of benzene rings is 1. The van der Waals surface area contributed by atoms with Crippen LogP contribution in [0.1, 0.15) is 29.1 Å². The molecule has 10 heteroatoms. The summed E-state index contributed by atoms with van der Waals surface area (Å²) < 4.78 is 0. The van der Waals surface area contributed by atoms with Crippen LogP contribution in [0.3, 0.4) is 0 Å². The molecule has 2 rings (SSSR count). The number of hydrogen-bond acceptors (Lipinski definition) is 6. The van der Waals surface area contributed by atoms with Crippen LogP contribution in [0.2, 0.25) is 0 Å². The Hall–Kier alpha value is -3.17. The number of aromatic nitrogens is 4. The first-order valence-electron chi connectivity index (χ1n) is 5.84. The maximum atomic E-state index is 11.7. The Morgan fingerprint density at radius 3 is 2.71 bits per heavy atom. The van der Waals surface area contributed by atoms with Crippen LogP contribution in [-0.4, -0.2) is 42.8 Å². The van der Waals surface area contributed by atoms with Gasteiger partial charge in [-0.15, -0.1) is 10.2 Å². The Kier molecular flexibility index (Phi) is 3.97. The first-order chi connectivity index (χ1) is 9.97. The molecule has 5 N–H and O–H groups in total. The predicted octanol–water partition coefficient (Wildman–Crippen LogP) is 0.486. The largest absolute Gasteiger partial charge is 0.507 e. The monoisotopic (exact) mass is 292 g/mol. The number of aromatic carboxylic acids is 1. The average Bonchev–Trinajstić information content (AvgIpc) is 2.91. The maximum absolute atomic E-state index is 11.7. The highest BCUT2D eigenvalue weighted by molar-refractivity contribution is 5.94. The number of hydrogen-bond donors (Lipinski definition) is 5. The van der Waals surface area contributed by atoms with Crippen molar-refractivity contribution in [1.29, 1.82) is 0 Å². The number of nitrogens with zero attached hydrogens (tertiary/aromatic N) is 3. The van der Waals surface area contributed by atoms with Crippen LogP contribution in [0, 0.1) is 0 Å². The van der Waals surface area contributed by atoms with E-state index in [2.05, 4.69) is 31.3 Å². The van der Waals surface area contributed by atoms with Crippen molar-refractivity contribution in [3.8, 4) is 5.75 Å². The molecule has 0 aliphatic carbocycles. The standard InChI is InChI=1S/C11H12N6O4/c1-5(9-14-16-17-15-9)12-11(21)13-6-2-3-7(10(19)20)8(18)4-6/h2-5,18H,1H3,(H,19,20)(H2,12,13,21)(H,14,15,16,17). The zero-order valence-electron chi connectivity index (χ0n) is 10.9. The van der Waals surface area contributed by atoms with Crippen LogP contribution >= 0.6 is 0 Å². The van der Waals surface area contributed by atoms with Crippen LogP contribution in [0.25, 0.3) is 0 Å². The summed E-state index contributed by atoms with van der Waals surface area (Å²) in [5.41, 5.74) is -0.00330. The number of anilines is 1. The summed E-state index contributed by atoms with van der Waals surface area (Å²) in [6.45, 7) is 1.66. The molecule has 1 aromatic carbocycles. The molecule has 0 aliphatic rings. The molecule has 110 valence electrons. The fraction of sp³-hybridized carbons (Fsp3) is 0.182. The van der Waals surface area contributed by atoms with Gasteiger partial charge < -0.3 is 20.8 Å². The second-order valence-electron chi connectivity index (χ2n) is 4.13. The summed E-state index contributed by atoms with van der Waals surface area (Å²) in [6, 6.07) is 2.66. The highest BCUT2D eigenvalue weighted by atomic mass is 16.4. The molecule has 1 heterocycles. The highest BCUT2D eigenvalue weighted by Gasteiger charge is 2.14. The SMILES string of the molecule is CC(NC(=O)Nc1ccc(C(=O)O)c(O)c1)c1nn[nH]n1. The van der Waals surface area contributed by atoms with Crippen LogP contribution in [0.15, 0.2) is 18.2 Å². The summed E-state index contributed by atoms with van der Waals surface area (Å²) in [6.07, 6.45) is 0. The Bertz CT molecular complexity index is 657. The average molecular weight is 292 g/mol. The smallest absolute Gasteiger partial charge is 0.339 e. The van der Waals surface area contributed by atoms with Gasteiger partial charge in [-0.05, 0) is 19.1 Å². The molecule has 10 nitrogen and oxygen atoms in total. The normalized spacial score (nSPS) is 11.7. The Labute approximate surface area is 118 Å². The molecule has 2 aromatic rings. The molecule has 0 spiro atoms. The molecule has 1 atom stereocenters. The minimum absolute atomic E-state index is 0.246. The van der Waals surface area contributed by atoms with Crippen LogP contribution in [0.5, 0.6) is 5.75 Å². The Balaban J connectivity index is 2.00. The van der Waals surface area contributed by atoms with Crippen molar-refractivity contribution in [2.24, 2.45) is 0 Å². The molecule has 1 aromatic heterocycles. The van der Waals surface area contributed by atoms with E-state index < -0.39 is 23.8 Å². The quantitative estimate of drug-likeness (QED) is 0.549. The summed E-state index contributed by atoms with van der Waals surface area (Å²) in [4.78, 5) is 22.5. The maximum Gasteiger partial charge on any atom is 0.339 e. The van der Waals surface area contributed by atoms with Gasteiger partial charge in [0.25, 0.3) is 0 Å². The highest BCUT2D eigenvalue weighted by Crippen LogP contribution is 2.21. The second-order valence-corrected chi connectivity index (χ2v) is 4.13. The van der Waals surface area contributed by atoms with Crippen molar-refractivity contribution in [3.05, 3.63) is 29.6 Å². The fourth-order valence-corrected chi connectivity index (χ4v) is 1.57. The molecular formula is C11H12N6O4. The number of aromatic amines is 1. The van der Waals surface area contributed by atoms with E-state index in [0.717, 1.165) is 6.07 Å². The van der Waals surface area contributed by atoms with Crippen LogP contribution in [-0.2, 0) is 0 Å². The van der Waals surface area contributed by atoms with Gasteiger partial charge in [-0.25, -0.2) is 9.59 Å². The summed E-state index contributed by atoms with van der Waals surface area (Å²) >= 11 is 0. The summed E-state index contributed by atoms with van der Waals surface area (Å²) in [5.74, 6) is -1.38. The number of rotatable bonds is 4. The zero-order valence-corrected chi connectivity index (χ0v) is 10.9. The lowest BCUT2D eigenvalue weighted by atomic mass is 10.2. The lowest BCUT2D eigenvalue weighted by Crippen LogP contribution is -2.31. The topological polar surface area (TPSA) is 153 Å². The molecule has 0 saturated carbocycles. The molecular weight excluding hydrogens is 280 g/mol. The molecule has 0 bridgehead atoms. The van der Waals surface area contributed by atoms with Crippen molar-refractivity contribution >= 4 is 17.7 Å². The lowest BCUT2D eigenvalue weighted by molar-refractivity contribution is 0.0694. The number of aromatic hydroxyl groups is 1. The van der Waals surface area contributed by atoms with E-state index in [1.165, 1.54) is 12.1 Å². The first-order valence-corrected chi connectivity index (χ1v) is 5.84. The summed E-state index contributed by atoms with van der Waals surface area (Å²) in [7, 11) is 0. The van der Waals surface area contributed by atoms with E-state index in [1.807, 2.05) is 0 Å². The van der Waals surface area contributed by atoms with Gasteiger partial charge >= 0.3 is 12.0 Å². The van der Waals surface area contributed by atoms with E-state index >= 15 is 0 Å². The van der Waals surface area contributed by atoms with Gasteiger partial charge in [0.2, 0.25) is 0 Å². The third-order valence-corrected chi connectivity index (χ3v) is 2.58. The molecule has 0 saturated heterocycles. The number of nitrogens with one attached hydrogen (secondary N) is 3. The minimum Gasteiger partial charge on any atom is -0.507 e. The van der Waals surface area contributed by atoms with Gasteiger partial charge in [0.1, 0.15) is 11.3 Å².